The molecule has 9 heteroatoms. The van der Waals surface area contributed by atoms with Gasteiger partial charge in [-0.05, 0) is 18.2 Å². The number of ether oxygens (including phenoxy) is 3. The molecule has 0 radical (unpaired) electrons. The molecule has 24 heavy (non-hydrogen) atoms. The van der Waals surface area contributed by atoms with Crippen LogP contribution >= 0.6 is 23.7 Å². The highest BCUT2D eigenvalue weighted by Gasteiger charge is 2.15. The number of amides is 1. The van der Waals surface area contributed by atoms with E-state index in [9.17, 15) is 4.79 Å². The van der Waals surface area contributed by atoms with Crippen LogP contribution in [0.4, 0.5) is 5.13 Å². The van der Waals surface area contributed by atoms with Gasteiger partial charge in [0.15, 0.2) is 16.6 Å². The van der Waals surface area contributed by atoms with Gasteiger partial charge in [-0.15, -0.1) is 23.7 Å². The number of nitrogens with one attached hydrogen (secondary N) is 1. The second-order valence-corrected chi connectivity index (χ2v) is 5.52. The van der Waals surface area contributed by atoms with Crippen LogP contribution < -0.4 is 20.5 Å². The van der Waals surface area contributed by atoms with Crippen LogP contribution in [-0.4, -0.2) is 44.9 Å². The number of anilines is 1. The van der Waals surface area contributed by atoms with Gasteiger partial charge in [-0.3, -0.25) is 4.79 Å². The molecule has 1 atom stereocenters. The number of carbonyl (C=O) groups is 1. The summed E-state index contributed by atoms with van der Waals surface area (Å²) in [6.45, 7) is 0.153. The van der Waals surface area contributed by atoms with Gasteiger partial charge >= 0.3 is 0 Å². The van der Waals surface area contributed by atoms with E-state index in [1.807, 2.05) is 17.5 Å². The molecule has 0 aliphatic rings. The summed E-state index contributed by atoms with van der Waals surface area (Å²) in [6.07, 6.45) is 0. The number of aromatic nitrogens is 1. The van der Waals surface area contributed by atoms with Gasteiger partial charge in [-0.2, -0.15) is 0 Å². The third kappa shape index (κ3) is 4.81. The van der Waals surface area contributed by atoms with Crippen molar-refractivity contribution in [2.75, 3.05) is 33.3 Å². The average Bonchev–Trinajstić information content (AvgIpc) is 3.02. The molecule has 1 aromatic heterocycles. The Balaban J connectivity index is 0.00000288. The van der Waals surface area contributed by atoms with Crippen molar-refractivity contribution in [3.63, 3.8) is 0 Å². The van der Waals surface area contributed by atoms with Gasteiger partial charge in [0.2, 0.25) is 5.91 Å². The molecule has 0 aliphatic carbocycles. The van der Waals surface area contributed by atoms with Gasteiger partial charge in [0.05, 0.1) is 26.5 Å². The monoisotopic (exact) mass is 373 g/mol. The van der Waals surface area contributed by atoms with Crippen LogP contribution in [0.1, 0.15) is 0 Å². The summed E-state index contributed by atoms with van der Waals surface area (Å²) in [6, 6.07) is 4.78. The number of carbonyl (C=O) groups excluding carboxylic acids is 1. The van der Waals surface area contributed by atoms with Gasteiger partial charge < -0.3 is 25.3 Å². The second kappa shape index (κ2) is 9.43. The Bertz CT molecular complexity index is 680. The van der Waals surface area contributed by atoms with Crippen LogP contribution in [0, 0.1) is 0 Å². The van der Waals surface area contributed by atoms with Crippen molar-refractivity contribution in [2.45, 2.75) is 6.04 Å². The SMILES string of the molecule is COCC(N)C(=O)Nc1nc(-c2ccc(OC)c(OC)c2)cs1.Cl. The first-order valence-electron chi connectivity index (χ1n) is 6.82. The first-order chi connectivity index (χ1) is 11.1. The van der Waals surface area contributed by atoms with E-state index in [4.69, 9.17) is 19.9 Å². The van der Waals surface area contributed by atoms with Crippen molar-refractivity contribution in [3.05, 3.63) is 23.6 Å². The maximum atomic E-state index is 11.8. The van der Waals surface area contributed by atoms with E-state index in [0.29, 0.717) is 16.6 Å². The Morgan fingerprint density at radius 2 is 2.00 bits per heavy atom. The Hall–Kier alpha value is -1.87. The van der Waals surface area contributed by atoms with Gasteiger partial charge in [0, 0.05) is 18.1 Å². The fraction of sp³-hybridized carbons (Fsp3) is 0.333. The lowest BCUT2D eigenvalue weighted by Gasteiger charge is -2.09. The number of hydrogen-bond acceptors (Lipinski definition) is 7. The maximum absolute atomic E-state index is 11.8. The van der Waals surface area contributed by atoms with E-state index < -0.39 is 6.04 Å². The van der Waals surface area contributed by atoms with Crippen molar-refractivity contribution in [1.82, 2.24) is 4.98 Å². The Kier molecular flexibility index (Phi) is 7.93. The molecular formula is C15H20ClN3O4S. The van der Waals surface area contributed by atoms with Crippen LogP contribution in [-0.2, 0) is 9.53 Å². The number of thiazole rings is 1. The predicted octanol–water partition coefficient (Wildman–Crippen LogP) is 2.16. The van der Waals surface area contributed by atoms with Gasteiger partial charge in [-0.1, -0.05) is 0 Å². The normalized spacial score (nSPS) is 11.3. The molecule has 7 nitrogen and oxygen atoms in total. The maximum Gasteiger partial charge on any atom is 0.245 e. The first kappa shape index (κ1) is 20.2. The fourth-order valence-corrected chi connectivity index (χ4v) is 2.64. The van der Waals surface area contributed by atoms with Crippen molar-refractivity contribution in [3.8, 4) is 22.8 Å². The minimum Gasteiger partial charge on any atom is -0.493 e. The summed E-state index contributed by atoms with van der Waals surface area (Å²) in [7, 11) is 4.65. The van der Waals surface area contributed by atoms with Crippen LogP contribution in [0.25, 0.3) is 11.3 Å². The predicted molar refractivity (Wildman–Crippen MR) is 96.4 cm³/mol. The zero-order valence-electron chi connectivity index (χ0n) is 13.6. The molecule has 1 amide bonds. The molecular weight excluding hydrogens is 354 g/mol. The smallest absolute Gasteiger partial charge is 0.245 e. The van der Waals surface area contributed by atoms with E-state index in [2.05, 4.69) is 10.3 Å². The number of halogens is 1. The molecule has 0 fully saturated rings. The van der Waals surface area contributed by atoms with E-state index in [1.165, 1.54) is 18.4 Å². The Labute approximate surface area is 150 Å². The van der Waals surface area contributed by atoms with Crippen molar-refractivity contribution in [2.24, 2.45) is 5.73 Å². The fourth-order valence-electron chi connectivity index (χ4n) is 1.91. The number of nitrogens with two attached hydrogens (primary N) is 1. The van der Waals surface area contributed by atoms with Crippen molar-refractivity contribution in [1.29, 1.82) is 0 Å². The molecule has 0 saturated heterocycles. The highest BCUT2D eigenvalue weighted by Crippen LogP contribution is 2.33. The number of nitrogens with zero attached hydrogens (tertiary/aromatic N) is 1. The third-order valence-corrected chi connectivity index (χ3v) is 3.85. The molecule has 3 N–H and O–H groups in total. The van der Waals surface area contributed by atoms with E-state index in [1.54, 1.807) is 20.3 Å². The molecule has 0 spiro atoms. The van der Waals surface area contributed by atoms with Crippen molar-refractivity contribution >= 4 is 34.8 Å². The lowest BCUT2D eigenvalue weighted by atomic mass is 10.1. The van der Waals surface area contributed by atoms with Crippen LogP contribution in [0.3, 0.4) is 0 Å². The van der Waals surface area contributed by atoms with Gasteiger partial charge in [-0.25, -0.2) is 4.98 Å². The molecule has 2 rings (SSSR count). The van der Waals surface area contributed by atoms with E-state index >= 15 is 0 Å². The molecule has 1 aromatic carbocycles. The standard InChI is InChI=1S/C15H19N3O4S.ClH/c1-20-7-10(16)14(19)18-15-17-11(8-23-15)9-4-5-12(21-2)13(6-9)22-3;/h4-6,8,10H,7,16H2,1-3H3,(H,17,18,19);1H. The largest absolute Gasteiger partial charge is 0.493 e. The summed E-state index contributed by atoms with van der Waals surface area (Å²) >= 11 is 1.32. The van der Waals surface area contributed by atoms with E-state index in [0.717, 1.165) is 11.3 Å². The zero-order valence-corrected chi connectivity index (χ0v) is 15.2. The molecule has 0 saturated carbocycles. The Morgan fingerprint density at radius 1 is 1.29 bits per heavy atom. The summed E-state index contributed by atoms with van der Waals surface area (Å²) in [5.41, 5.74) is 7.26. The number of methoxy groups -OCH3 is 3. The second-order valence-electron chi connectivity index (χ2n) is 4.66. The highest BCUT2D eigenvalue weighted by atomic mass is 35.5. The number of rotatable bonds is 7. The number of benzene rings is 1. The highest BCUT2D eigenvalue weighted by molar-refractivity contribution is 7.14. The lowest BCUT2D eigenvalue weighted by molar-refractivity contribution is -0.118. The van der Waals surface area contributed by atoms with E-state index in [-0.39, 0.29) is 24.9 Å². The minimum atomic E-state index is -0.728. The van der Waals surface area contributed by atoms with Crippen LogP contribution in [0.15, 0.2) is 23.6 Å². The summed E-state index contributed by atoms with van der Waals surface area (Å²) in [5.74, 6) is 0.927. The van der Waals surface area contributed by atoms with Crippen LogP contribution in [0.5, 0.6) is 11.5 Å². The average molecular weight is 374 g/mol. The number of hydrogen-bond donors (Lipinski definition) is 2. The molecule has 132 valence electrons. The lowest BCUT2D eigenvalue weighted by Crippen LogP contribution is -2.39. The molecule has 0 bridgehead atoms. The first-order valence-corrected chi connectivity index (χ1v) is 7.70. The molecule has 1 heterocycles. The minimum absolute atomic E-state index is 0. The molecule has 2 aromatic rings. The molecule has 0 aliphatic heterocycles. The van der Waals surface area contributed by atoms with Gasteiger partial charge in [0.1, 0.15) is 6.04 Å². The molecule has 1 unspecified atom stereocenters. The summed E-state index contributed by atoms with van der Waals surface area (Å²) in [4.78, 5) is 16.2. The summed E-state index contributed by atoms with van der Waals surface area (Å²) < 4.78 is 15.3. The summed E-state index contributed by atoms with van der Waals surface area (Å²) in [5, 5.41) is 5.00. The topological polar surface area (TPSA) is 95.7 Å². The van der Waals surface area contributed by atoms with Gasteiger partial charge in [0.25, 0.3) is 0 Å². The zero-order chi connectivity index (χ0) is 16.8. The third-order valence-electron chi connectivity index (χ3n) is 3.10. The van der Waals surface area contributed by atoms with Crippen LogP contribution in [0.2, 0.25) is 0 Å². The van der Waals surface area contributed by atoms with Crippen molar-refractivity contribution < 1.29 is 19.0 Å². The Morgan fingerprint density at radius 3 is 2.62 bits per heavy atom. The quantitative estimate of drug-likeness (QED) is 0.772.